The maximum Gasteiger partial charge on any atom is 0.231 e. The molecule has 3 rings (SSSR count). The van der Waals surface area contributed by atoms with Crippen molar-refractivity contribution < 1.29 is 14.3 Å². The Kier molecular flexibility index (Phi) is 2.47. The van der Waals surface area contributed by atoms with E-state index in [-0.39, 0.29) is 5.41 Å². The number of ketones is 1. The van der Waals surface area contributed by atoms with Crippen LogP contribution in [0.1, 0.15) is 20.3 Å². The lowest BCUT2D eigenvalue weighted by Crippen LogP contribution is -2.46. The Morgan fingerprint density at radius 3 is 2.78 bits per heavy atom. The molecular weight excluding hydrogens is 230 g/mol. The molecule has 0 radical (unpaired) electrons. The predicted octanol–water partition coefficient (Wildman–Crippen LogP) is 2.22. The third-order valence-corrected chi connectivity index (χ3v) is 3.67. The first kappa shape index (κ1) is 11.4. The fourth-order valence-electron chi connectivity index (χ4n) is 2.52. The summed E-state index contributed by atoms with van der Waals surface area (Å²) in [6.07, 6.45) is 0.613. The summed E-state index contributed by atoms with van der Waals surface area (Å²) < 4.78 is 10.7. The van der Waals surface area contributed by atoms with E-state index in [0.29, 0.717) is 19.0 Å². The van der Waals surface area contributed by atoms with Crippen molar-refractivity contribution >= 4 is 11.5 Å². The first-order valence-corrected chi connectivity index (χ1v) is 6.24. The third-order valence-electron chi connectivity index (χ3n) is 3.67. The lowest BCUT2D eigenvalue weighted by Gasteiger charge is -2.38. The summed E-state index contributed by atoms with van der Waals surface area (Å²) in [7, 11) is 0. The summed E-state index contributed by atoms with van der Waals surface area (Å²) in [4.78, 5) is 14.0. The number of hydrogen-bond acceptors (Lipinski definition) is 4. The van der Waals surface area contributed by atoms with Gasteiger partial charge in [-0.05, 0) is 12.1 Å². The highest BCUT2D eigenvalue weighted by Gasteiger charge is 2.34. The molecular formula is C14H17NO3. The molecule has 0 saturated carbocycles. The first-order valence-electron chi connectivity index (χ1n) is 6.24. The van der Waals surface area contributed by atoms with Crippen LogP contribution in [0.3, 0.4) is 0 Å². The van der Waals surface area contributed by atoms with Gasteiger partial charge in [0.25, 0.3) is 0 Å². The Morgan fingerprint density at radius 2 is 2.00 bits per heavy atom. The van der Waals surface area contributed by atoms with Crippen LogP contribution in [-0.2, 0) is 4.79 Å². The number of carbonyl (C=O) groups excluding carboxylic acids is 1. The minimum Gasteiger partial charge on any atom is -0.454 e. The first-order chi connectivity index (χ1) is 8.56. The maximum absolute atomic E-state index is 11.8. The van der Waals surface area contributed by atoms with E-state index in [4.69, 9.17) is 9.47 Å². The highest BCUT2D eigenvalue weighted by atomic mass is 16.7. The average Bonchev–Trinajstić information content (AvgIpc) is 2.79. The summed E-state index contributed by atoms with van der Waals surface area (Å²) in [5.41, 5.74) is 0.828. The van der Waals surface area contributed by atoms with Gasteiger partial charge in [0.2, 0.25) is 6.79 Å². The fourth-order valence-corrected chi connectivity index (χ4v) is 2.52. The molecule has 0 aromatic heterocycles. The predicted molar refractivity (Wildman–Crippen MR) is 68.2 cm³/mol. The van der Waals surface area contributed by atoms with Gasteiger partial charge in [-0.3, -0.25) is 4.79 Å². The van der Waals surface area contributed by atoms with Crippen molar-refractivity contribution in [3.8, 4) is 11.5 Å². The Bertz CT molecular complexity index is 496. The van der Waals surface area contributed by atoms with Crippen LogP contribution in [0.15, 0.2) is 18.2 Å². The molecule has 0 N–H and O–H groups in total. The molecule has 2 heterocycles. The summed E-state index contributed by atoms with van der Waals surface area (Å²) in [5, 5.41) is 0. The molecule has 96 valence electrons. The number of benzene rings is 1. The van der Waals surface area contributed by atoms with Gasteiger partial charge in [0.15, 0.2) is 11.5 Å². The van der Waals surface area contributed by atoms with Gasteiger partial charge in [-0.1, -0.05) is 13.8 Å². The lowest BCUT2D eigenvalue weighted by molar-refractivity contribution is -0.127. The normalized spacial score (nSPS) is 21.2. The number of fused-ring (bicyclic) bond motifs is 1. The molecule has 0 amide bonds. The SMILES string of the molecule is CC1(C)CN(c2ccc3c(c2)OCO3)CCC1=O. The number of Topliss-reactive ketones (excluding diaryl/α,β-unsaturated/α-hetero) is 1. The van der Waals surface area contributed by atoms with Crippen LogP contribution in [0, 0.1) is 5.41 Å². The van der Waals surface area contributed by atoms with Gasteiger partial charge in [-0.15, -0.1) is 0 Å². The third kappa shape index (κ3) is 1.82. The van der Waals surface area contributed by atoms with Crippen LogP contribution in [0.4, 0.5) is 5.69 Å². The van der Waals surface area contributed by atoms with E-state index in [9.17, 15) is 4.79 Å². The van der Waals surface area contributed by atoms with E-state index in [1.165, 1.54) is 0 Å². The molecule has 2 aliphatic heterocycles. The summed E-state index contributed by atoms with van der Waals surface area (Å²) in [6.45, 7) is 5.85. The zero-order valence-corrected chi connectivity index (χ0v) is 10.7. The molecule has 1 fully saturated rings. The van der Waals surface area contributed by atoms with Crippen molar-refractivity contribution in [2.45, 2.75) is 20.3 Å². The standard InChI is InChI=1S/C14H17NO3/c1-14(2)8-15(6-5-13(14)16)10-3-4-11-12(7-10)18-9-17-11/h3-4,7H,5-6,8-9H2,1-2H3. The quantitative estimate of drug-likeness (QED) is 0.762. The summed E-state index contributed by atoms with van der Waals surface area (Å²) in [6, 6.07) is 5.95. The molecule has 1 saturated heterocycles. The maximum atomic E-state index is 11.8. The Morgan fingerprint density at radius 1 is 1.22 bits per heavy atom. The molecule has 0 atom stereocenters. The van der Waals surface area contributed by atoms with Gasteiger partial charge < -0.3 is 14.4 Å². The second kappa shape index (κ2) is 3.90. The number of carbonyl (C=O) groups is 1. The molecule has 1 aromatic carbocycles. The van der Waals surface area contributed by atoms with E-state index < -0.39 is 0 Å². The summed E-state index contributed by atoms with van der Waals surface area (Å²) >= 11 is 0. The molecule has 2 aliphatic rings. The molecule has 0 spiro atoms. The average molecular weight is 247 g/mol. The molecule has 4 nitrogen and oxygen atoms in total. The summed E-state index contributed by atoms with van der Waals surface area (Å²) in [5.74, 6) is 1.94. The van der Waals surface area contributed by atoms with Gasteiger partial charge in [0.05, 0.1) is 0 Å². The second-order valence-corrected chi connectivity index (χ2v) is 5.52. The Labute approximate surface area is 106 Å². The van der Waals surface area contributed by atoms with Crippen LogP contribution >= 0.6 is 0 Å². The zero-order valence-electron chi connectivity index (χ0n) is 10.7. The van der Waals surface area contributed by atoms with Crippen LogP contribution < -0.4 is 14.4 Å². The molecule has 0 unspecified atom stereocenters. The highest BCUT2D eigenvalue weighted by Crippen LogP contribution is 2.37. The van der Waals surface area contributed by atoms with Crippen molar-refractivity contribution in [2.24, 2.45) is 5.41 Å². The number of ether oxygens (including phenoxy) is 2. The van der Waals surface area contributed by atoms with Crippen molar-refractivity contribution in [3.63, 3.8) is 0 Å². The fraction of sp³-hybridized carbons (Fsp3) is 0.500. The highest BCUT2D eigenvalue weighted by molar-refractivity contribution is 5.86. The van der Waals surface area contributed by atoms with E-state index in [0.717, 1.165) is 30.3 Å². The second-order valence-electron chi connectivity index (χ2n) is 5.52. The zero-order chi connectivity index (χ0) is 12.8. The van der Waals surface area contributed by atoms with Crippen LogP contribution in [0.5, 0.6) is 11.5 Å². The van der Waals surface area contributed by atoms with Gasteiger partial charge in [0.1, 0.15) is 5.78 Å². The minimum absolute atomic E-state index is 0.269. The van der Waals surface area contributed by atoms with Gasteiger partial charge in [0, 0.05) is 36.7 Å². The van der Waals surface area contributed by atoms with Crippen LogP contribution in [0.25, 0.3) is 0 Å². The number of hydrogen-bond donors (Lipinski definition) is 0. The topological polar surface area (TPSA) is 38.8 Å². The van der Waals surface area contributed by atoms with E-state index >= 15 is 0 Å². The molecule has 4 heteroatoms. The minimum atomic E-state index is -0.269. The Balaban J connectivity index is 1.85. The van der Waals surface area contributed by atoms with Crippen LogP contribution in [-0.4, -0.2) is 25.7 Å². The number of anilines is 1. The molecule has 18 heavy (non-hydrogen) atoms. The van der Waals surface area contributed by atoms with Gasteiger partial charge in [-0.25, -0.2) is 0 Å². The van der Waals surface area contributed by atoms with Crippen molar-refractivity contribution in [1.29, 1.82) is 0 Å². The lowest BCUT2D eigenvalue weighted by atomic mass is 9.82. The number of rotatable bonds is 1. The van der Waals surface area contributed by atoms with E-state index in [1.807, 2.05) is 32.0 Å². The van der Waals surface area contributed by atoms with Gasteiger partial charge in [-0.2, -0.15) is 0 Å². The van der Waals surface area contributed by atoms with Crippen molar-refractivity contribution in [1.82, 2.24) is 0 Å². The van der Waals surface area contributed by atoms with Gasteiger partial charge >= 0.3 is 0 Å². The van der Waals surface area contributed by atoms with E-state index in [2.05, 4.69) is 4.90 Å². The molecule has 1 aromatic rings. The largest absolute Gasteiger partial charge is 0.454 e. The number of piperidine rings is 1. The smallest absolute Gasteiger partial charge is 0.231 e. The Hall–Kier alpha value is -1.71. The van der Waals surface area contributed by atoms with Crippen molar-refractivity contribution in [3.05, 3.63) is 18.2 Å². The van der Waals surface area contributed by atoms with Crippen LogP contribution in [0.2, 0.25) is 0 Å². The molecule has 0 aliphatic carbocycles. The number of nitrogens with zero attached hydrogens (tertiary/aromatic N) is 1. The molecule has 0 bridgehead atoms. The monoisotopic (exact) mass is 247 g/mol. The van der Waals surface area contributed by atoms with E-state index in [1.54, 1.807) is 0 Å². The van der Waals surface area contributed by atoms with Crippen molar-refractivity contribution in [2.75, 3.05) is 24.8 Å².